The molecule has 5 rings (SSSR count). The Morgan fingerprint density at radius 2 is 1.50 bits per heavy atom. The van der Waals surface area contributed by atoms with E-state index in [0.29, 0.717) is 19.6 Å². The quantitative estimate of drug-likeness (QED) is 0.377. The molecule has 9 nitrogen and oxygen atoms in total. The van der Waals surface area contributed by atoms with Crippen molar-refractivity contribution in [2.75, 3.05) is 0 Å². The Balaban J connectivity index is 1.36. The summed E-state index contributed by atoms with van der Waals surface area (Å²) in [6.45, 7) is 3.95. The minimum absolute atomic E-state index is 0.615. The van der Waals surface area contributed by atoms with E-state index in [1.807, 2.05) is 24.4 Å². The van der Waals surface area contributed by atoms with Crippen LogP contribution in [0, 0.1) is 6.92 Å². The van der Waals surface area contributed by atoms with Gasteiger partial charge in [0.1, 0.15) is 5.01 Å². The SMILES string of the molecule is Cc1ccc(-c2cnc(-c3cccc(CN(Cc4cn[nH]n4)Cc4cn[nH]n4)n3)s2)cc1. The molecule has 0 saturated heterocycles. The summed E-state index contributed by atoms with van der Waals surface area (Å²) in [7, 11) is 0. The molecule has 0 aliphatic carbocycles. The second kappa shape index (κ2) is 9.16. The summed E-state index contributed by atoms with van der Waals surface area (Å²) in [5.74, 6) is 0. The minimum Gasteiger partial charge on any atom is -0.286 e. The molecule has 0 spiro atoms. The van der Waals surface area contributed by atoms with Crippen molar-refractivity contribution in [3.63, 3.8) is 0 Å². The number of rotatable bonds is 8. The van der Waals surface area contributed by atoms with E-state index in [9.17, 15) is 0 Å². The van der Waals surface area contributed by atoms with Gasteiger partial charge in [0.2, 0.25) is 0 Å². The molecule has 4 heterocycles. The Kier molecular flexibility index (Phi) is 5.77. The predicted molar refractivity (Wildman–Crippen MR) is 121 cm³/mol. The van der Waals surface area contributed by atoms with Crippen molar-refractivity contribution < 1.29 is 0 Å². The molecule has 0 fully saturated rings. The Hall–Kier alpha value is -3.76. The molecule has 0 atom stereocenters. The number of aromatic amines is 2. The fraction of sp³-hybridized carbons (Fsp3) is 0.182. The molecule has 1 aromatic carbocycles. The molecule has 10 heteroatoms. The zero-order valence-electron chi connectivity index (χ0n) is 17.4. The zero-order chi connectivity index (χ0) is 21.8. The summed E-state index contributed by atoms with van der Waals surface area (Å²) in [6, 6.07) is 14.5. The highest BCUT2D eigenvalue weighted by molar-refractivity contribution is 7.18. The summed E-state index contributed by atoms with van der Waals surface area (Å²) < 4.78 is 0. The van der Waals surface area contributed by atoms with Gasteiger partial charge in [-0.15, -0.1) is 11.3 Å². The van der Waals surface area contributed by atoms with Gasteiger partial charge in [-0.25, -0.2) is 9.97 Å². The van der Waals surface area contributed by atoms with Crippen molar-refractivity contribution in [1.29, 1.82) is 0 Å². The molecular weight excluding hydrogens is 422 g/mol. The fourth-order valence-electron chi connectivity index (χ4n) is 3.39. The standard InChI is InChI=1S/C22H21N9S/c1-15-5-7-16(8-6-15)21-11-23-22(32-21)20-4-2-3-17(26-20)12-31(13-18-9-24-29-27-18)14-19-10-25-30-28-19/h2-11H,12-14H2,1H3,(H,24,27,29)(H,25,28,30). The fourth-order valence-corrected chi connectivity index (χ4v) is 4.28. The van der Waals surface area contributed by atoms with E-state index in [1.165, 1.54) is 11.1 Å². The highest BCUT2D eigenvalue weighted by Crippen LogP contribution is 2.31. The Morgan fingerprint density at radius 3 is 2.16 bits per heavy atom. The number of aryl methyl sites for hydroxylation is 1. The monoisotopic (exact) mass is 443 g/mol. The Bertz CT molecular complexity index is 1230. The third kappa shape index (κ3) is 4.76. The van der Waals surface area contributed by atoms with Gasteiger partial charge in [0.15, 0.2) is 0 Å². The lowest BCUT2D eigenvalue weighted by Crippen LogP contribution is -2.23. The Morgan fingerprint density at radius 1 is 0.812 bits per heavy atom. The normalized spacial score (nSPS) is 11.3. The van der Waals surface area contributed by atoms with Crippen LogP contribution in [0.4, 0.5) is 0 Å². The van der Waals surface area contributed by atoms with E-state index in [2.05, 4.69) is 71.9 Å². The maximum Gasteiger partial charge on any atom is 0.142 e. The van der Waals surface area contributed by atoms with Gasteiger partial charge >= 0.3 is 0 Å². The number of aromatic nitrogens is 8. The first-order valence-corrected chi connectivity index (χ1v) is 11.0. The van der Waals surface area contributed by atoms with Gasteiger partial charge in [0.25, 0.3) is 0 Å². The van der Waals surface area contributed by atoms with Crippen molar-refractivity contribution >= 4 is 11.3 Å². The molecule has 0 radical (unpaired) electrons. The number of hydrogen-bond acceptors (Lipinski definition) is 8. The van der Waals surface area contributed by atoms with Crippen LogP contribution in [0.15, 0.2) is 61.1 Å². The van der Waals surface area contributed by atoms with Gasteiger partial charge in [0, 0.05) is 25.8 Å². The van der Waals surface area contributed by atoms with Crippen LogP contribution >= 0.6 is 11.3 Å². The number of thiazole rings is 1. The summed E-state index contributed by atoms with van der Waals surface area (Å²) in [6.07, 6.45) is 5.37. The predicted octanol–water partition coefficient (Wildman–Crippen LogP) is 3.62. The van der Waals surface area contributed by atoms with Crippen LogP contribution in [0.5, 0.6) is 0 Å². The smallest absolute Gasteiger partial charge is 0.142 e. The number of benzene rings is 1. The van der Waals surface area contributed by atoms with E-state index in [4.69, 9.17) is 4.98 Å². The molecule has 0 saturated carbocycles. The molecule has 4 aromatic heterocycles. The molecule has 0 amide bonds. The van der Waals surface area contributed by atoms with Crippen LogP contribution in [0.2, 0.25) is 0 Å². The zero-order valence-corrected chi connectivity index (χ0v) is 18.3. The van der Waals surface area contributed by atoms with Gasteiger partial charge in [-0.3, -0.25) is 4.90 Å². The van der Waals surface area contributed by atoms with Gasteiger partial charge in [-0.05, 0) is 24.6 Å². The molecule has 0 bridgehead atoms. The lowest BCUT2D eigenvalue weighted by molar-refractivity contribution is 0.238. The summed E-state index contributed by atoms with van der Waals surface area (Å²) in [4.78, 5) is 12.8. The van der Waals surface area contributed by atoms with Crippen LogP contribution in [0.1, 0.15) is 22.6 Å². The molecule has 0 unspecified atom stereocenters. The molecule has 0 aliphatic heterocycles. The minimum atomic E-state index is 0.615. The van der Waals surface area contributed by atoms with Crippen molar-refractivity contribution in [2.24, 2.45) is 0 Å². The van der Waals surface area contributed by atoms with Crippen LogP contribution in [-0.4, -0.2) is 45.7 Å². The van der Waals surface area contributed by atoms with E-state index in [1.54, 1.807) is 23.7 Å². The van der Waals surface area contributed by atoms with Crippen LogP contribution in [0.25, 0.3) is 21.1 Å². The molecule has 0 aliphatic rings. The first-order valence-electron chi connectivity index (χ1n) is 10.1. The first kappa shape index (κ1) is 20.2. The first-order chi connectivity index (χ1) is 15.7. The second-order valence-corrected chi connectivity index (χ2v) is 8.51. The topological polar surface area (TPSA) is 112 Å². The number of hydrogen-bond donors (Lipinski definition) is 2. The van der Waals surface area contributed by atoms with Gasteiger partial charge in [-0.1, -0.05) is 35.9 Å². The summed E-state index contributed by atoms with van der Waals surface area (Å²) >= 11 is 1.65. The number of pyridine rings is 1. The molecule has 32 heavy (non-hydrogen) atoms. The van der Waals surface area contributed by atoms with Gasteiger partial charge in [0.05, 0.1) is 40.0 Å². The van der Waals surface area contributed by atoms with Crippen molar-refractivity contribution in [3.8, 4) is 21.1 Å². The van der Waals surface area contributed by atoms with Crippen molar-refractivity contribution in [2.45, 2.75) is 26.6 Å². The van der Waals surface area contributed by atoms with Gasteiger partial charge < -0.3 is 0 Å². The number of H-pyrrole nitrogens is 2. The largest absolute Gasteiger partial charge is 0.286 e. The molecule has 2 N–H and O–H groups in total. The highest BCUT2D eigenvalue weighted by Gasteiger charge is 2.14. The number of nitrogens with zero attached hydrogens (tertiary/aromatic N) is 7. The lowest BCUT2D eigenvalue weighted by atomic mass is 10.1. The van der Waals surface area contributed by atoms with Gasteiger partial charge in [-0.2, -0.15) is 30.8 Å². The average molecular weight is 444 g/mol. The Labute approximate surface area is 188 Å². The molecular formula is C22H21N9S. The van der Waals surface area contributed by atoms with E-state index in [0.717, 1.165) is 32.7 Å². The maximum absolute atomic E-state index is 4.88. The molecule has 5 aromatic rings. The second-order valence-electron chi connectivity index (χ2n) is 7.48. The average Bonchev–Trinajstić information content (AvgIpc) is 3.58. The maximum atomic E-state index is 4.88. The number of nitrogens with one attached hydrogen (secondary N) is 2. The van der Waals surface area contributed by atoms with Crippen LogP contribution in [-0.2, 0) is 19.6 Å². The third-order valence-corrected chi connectivity index (χ3v) is 6.02. The van der Waals surface area contributed by atoms with E-state index in [-0.39, 0.29) is 0 Å². The van der Waals surface area contributed by atoms with E-state index >= 15 is 0 Å². The lowest BCUT2D eigenvalue weighted by Gasteiger charge is -2.19. The van der Waals surface area contributed by atoms with Crippen LogP contribution < -0.4 is 0 Å². The highest BCUT2D eigenvalue weighted by atomic mass is 32.1. The van der Waals surface area contributed by atoms with Crippen LogP contribution in [0.3, 0.4) is 0 Å². The third-order valence-electron chi connectivity index (χ3n) is 4.95. The van der Waals surface area contributed by atoms with E-state index < -0.39 is 0 Å². The van der Waals surface area contributed by atoms with Crippen molar-refractivity contribution in [1.82, 2.24) is 45.7 Å². The summed E-state index contributed by atoms with van der Waals surface area (Å²) in [5.41, 5.74) is 5.94. The molecule has 160 valence electrons. The summed E-state index contributed by atoms with van der Waals surface area (Å²) in [5, 5.41) is 22.4. The van der Waals surface area contributed by atoms with Crippen molar-refractivity contribution in [3.05, 3.63) is 83.7 Å².